The van der Waals surface area contributed by atoms with Gasteiger partial charge in [-0.3, -0.25) is 4.79 Å². The van der Waals surface area contributed by atoms with Gasteiger partial charge in [-0.05, 0) is 42.5 Å². The molecule has 0 aliphatic carbocycles. The monoisotopic (exact) mass is 395 g/mol. The van der Waals surface area contributed by atoms with Crippen LogP contribution in [0, 0.1) is 0 Å². The van der Waals surface area contributed by atoms with Crippen molar-refractivity contribution in [3.8, 4) is 5.75 Å². The van der Waals surface area contributed by atoms with Gasteiger partial charge >= 0.3 is 0 Å². The quantitative estimate of drug-likeness (QED) is 0.660. The van der Waals surface area contributed by atoms with Crippen molar-refractivity contribution in [3.63, 3.8) is 0 Å². The molecule has 29 heavy (non-hydrogen) atoms. The fraction of sp³-hybridized carbons (Fsp3) is 0.364. The number of ether oxygens (including phenoxy) is 2. The van der Waals surface area contributed by atoms with E-state index in [-0.39, 0.29) is 5.91 Å². The van der Waals surface area contributed by atoms with Crippen LogP contribution >= 0.6 is 0 Å². The highest BCUT2D eigenvalue weighted by atomic mass is 16.5. The number of nitrogens with zero attached hydrogens (tertiary/aromatic N) is 2. The third-order valence-corrected chi connectivity index (χ3v) is 5.49. The van der Waals surface area contributed by atoms with E-state index in [1.54, 1.807) is 36.3 Å². The molecule has 0 bridgehead atoms. The number of methoxy groups -OCH3 is 1. The number of carbonyl (C=O) groups excluding carboxylic acids is 1. The Morgan fingerprint density at radius 1 is 1.21 bits per heavy atom. The van der Waals surface area contributed by atoms with Crippen LogP contribution in [-0.2, 0) is 18.2 Å². The highest BCUT2D eigenvalue weighted by molar-refractivity contribution is 6.05. The maximum atomic E-state index is 12.5. The van der Waals surface area contributed by atoms with Crippen LogP contribution in [-0.4, -0.2) is 55.4 Å². The second kappa shape index (κ2) is 8.63. The first-order chi connectivity index (χ1) is 14.1. The number of hydrogen-bond acceptors (Lipinski definition) is 4. The van der Waals surface area contributed by atoms with Gasteiger partial charge in [0, 0.05) is 18.3 Å². The molecule has 2 heterocycles. The van der Waals surface area contributed by atoms with E-state index in [0.29, 0.717) is 5.56 Å². The summed E-state index contributed by atoms with van der Waals surface area (Å²) in [6.07, 6.45) is 0.925. The molecule has 2 aromatic carbocycles. The SMILES string of the molecule is COc1ccc(C(=O)Nc2ccc3c(c2)nc(CC[NH+]2CCOCC2)n3C)cc1. The van der Waals surface area contributed by atoms with Crippen molar-refractivity contribution in [2.45, 2.75) is 6.42 Å². The summed E-state index contributed by atoms with van der Waals surface area (Å²) in [5.74, 6) is 1.64. The summed E-state index contributed by atoms with van der Waals surface area (Å²) in [5, 5.41) is 2.95. The molecule has 1 fully saturated rings. The predicted molar refractivity (Wildman–Crippen MR) is 112 cm³/mol. The molecule has 152 valence electrons. The number of rotatable bonds is 6. The van der Waals surface area contributed by atoms with Crippen LogP contribution in [0.1, 0.15) is 16.2 Å². The van der Waals surface area contributed by atoms with Crippen molar-refractivity contribution in [2.75, 3.05) is 45.3 Å². The van der Waals surface area contributed by atoms with Crippen molar-refractivity contribution in [2.24, 2.45) is 7.05 Å². The lowest BCUT2D eigenvalue weighted by Gasteiger charge is -2.23. The van der Waals surface area contributed by atoms with Crippen LogP contribution < -0.4 is 15.0 Å². The number of aryl methyl sites for hydroxylation is 1. The molecule has 0 saturated carbocycles. The number of fused-ring (bicyclic) bond motifs is 1. The Hall–Kier alpha value is -2.90. The fourth-order valence-electron chi connectivity index (χ4n) is 3.70. The molecule has 0 atom stereocenters. The minimum atomic E-state index is -0.154. The number of benzene rings is 2. The van der Waals surface area contributed by atoms with Gasteiger partial charge in [0.25, 0.3) is 5.91 Å². The molecule has 1 aliphatic heterocycles. The van der Waals surface area contributed by atoms with Crippen molar-refractivity contribution >= 4 is 22.6 Å². The fourth-order valence-corrected chi connectivity index (χ4v) is 3.70. The normalized spacial score (nSPS) is 14.8. The van der Waals surface area contributed by atoms with E-state index >= 15 is 0 Å². The average molecular weight is 395 g/mol. The summed E-state index contributed by atoms with van der Waals surface area (Å²) in [4.78, 5) is 18.9. The molecule has 1 amide bonds. The van der Waals surface area contributed by atoms with Gasteiger partial charge in [0.2, 0.25) is 0 Å². The largest absolute Gasteiger partial charge is 0.497 e. The number of quaternary nitrogens is 1. The minimum Gasteiger partial charge on any atom is -0.497 e. The molecular formula is C22H27N4O3+. The molecule has 3 aromatic rings. The molecule has 1 aromatic heterocycles. The van der Waals surface area contributed by atoms with E-state index in [1.165, 1.54) is 0 Å². The van der Waals surface area contributed by atoms with Crippen molar-refractivity contribution in [1.82, 2.24) is 9.55 Å². The van der Waals surface area contributed by atoms with Crippen molar-refractivity contribution < 1.29 is 19.2 Å². The van der Waals surface area contributed by atoms with Crippen LogP contribution in [0.3, 0.4) is 0 Å². The van der Waals surface area contributed by atoms with Gasteiger partial charge in [-0.25, -0.2) is 4.98 Å². The highest BCUT2D eigenvalue weighted by Crippen LogP contribution is 2.21. The van der Waals surface area contributed by atoms with E-state index in [4.69, 9.17) is 14.5 Å². The third-order valence-electron chi connectivity index (χ3n) is 5.49. The smallest absolute Gasteiger partial charge is 0.255 e. The molecule has 0 unspecified atom stereocenters. The van der Waals surface area contributed by atoms with E-state index < -0.39 is 0 Å². The molecule has 1 saturated heterocycles. The Kier molecular flexibility index (Phi) is 5.78. The lowest BCUT2D eigenvalue weighted by Crippen LogP contribution is -3.14. The topological polar surface area (TPSA) is 69.8 Å². The highest BCUT2D eigenvalue weighted by Gasteiger charge is 2.16. The van der Waals surface area contributed by atoms with Gasteiger partial charge in [-0.1, -0.05) is 0 Å². The van der Waals surface area contributed by atoms with Crippen LogP contribution in [0.5, 0.6) is 5.75 Å². The minimum absolute atomic E-state index is 0.154. The summed E-state index contributed by atoms with van der Waals surface area (Å²) in [6.45, 7) is 4.86. The molecule has 2 N–H and O–H groups in total. The second-order valence-corrected chi connectivity index (χ2v) is 7.34. The number of imidazole rings is 1. The Morgan fingerprint density at radius 3 is 2.69 bits per heavy atom. The lowest BCUT2D eigenvalue weighted by atomic mass is 10.2. The van der Waals surface area contributed by atoms with Gasteiger partial charge < -0.3 is 24.3 Å². The van der Waals surface area contributed by atoms with Gasteiger partial charge in [-0.2, -0.15) is 0 Å². The van der Waals surface area contributed by atoms with E-state index in [2.05, 4.69) is 16.9 Å². The second-order valence-electron chi connectivity index (χ2n) is 7.34. The molecule has 7 nitrogen and oxygen atoms in total. The molecule has 7 heteroatoms. The zero-order valence-electron chi connectivity index (χ0n) is 16.9. The Bertz CT molecular complexity index is 991. The maximum Gasteiger partial charge on any atom is 0.255 e. The van der Waals surface area contributed by atoms with Crippen LogP contribution in [0.4, 0.5) is 5.69 Å². The standard InChI is InChI=1S/C22H26N4O3/c1-25-20-8-5-17(23-22(27)16-3-6-18(28-2)7-4-16)15-19(20)24-21(25)9-10-26-11-13-29-14-12-26/h3-8,15H,9-14H2,1-2H3,(H,23,27)/p+1. The Labute approximate surface area is 170 Å². The molecule has 4 rings (SSSR count). The number of morpholine rings is 1. The Balaban J connectivity index is 1.46. The number of aromatic nitrogens is 2. The number of carbonyl (C=O) groups is 1. The van der Waals surface area contributed by atoms with E-state index in [1.807, 2.05) is 18.2 Å². The van der Waals surface area contributed by atoms with E-state index in [9.17, 15) is 4.79 Å². The first-order valence-corrected chi connectivity index (χ1v) is 9.96. The van der Waals surface area contributed by atoms with Crippen LogP contribution in [0.2, 0.25) is 0 Å². The number of anilines is 1. The number of amides is 1. The third kappa shape index (κ3) is 4.41. The summed E-state index contributed by atoms with van der Waals surface area (Å²) in [7, 11) is 3.66. The van der Waals surface area contributed by atoms with Gasteiger partial charge in [0.15, 0.2) is 0 Å². The summed E-state index contributed by atoms with van der Waals surface area (Å²) in [5.41, 5.74) is 3.29. The summed E-state index contributed by atoms with van der Waals surface area (Å²) < 4.78 is 12.7. The molecular weight excluding hydrogens is 368 g/mol. The first-order valence-electron chi connectivity index (χ1n) is 9.96. The Morgan fingerprint density at radius 2 is 1.97 bits per heavy atom. The van der Waals surface area contributed by atoms with Gasteiger partial charge in [0.1, 0.15) is 24.7 Å². The van der Waals surface area contributed by atoms with Gasteiger partial charge in [0.05, 0.1) is 44.3 Å². The van der Waals surface area contributed by atoms with Crippen molar-refractivity contribution in [1.29, 1.82) is 0 Å². The zero-order chi connectivity index (χ0) is 20.2. The van der Waals surface area contributed by atoms with E-state index in [0.717, 1.165) is 67.6 Å². The van der Waals surface area contributed by atoms with Gasteiger partial charge in [-0.15, -0.1) is 0 Å². The maximum absolute atomic E-state index is 12.5. The average Bonchev–Trinajstić information content (AvgIpc) is 3.08. The van der Waals surface area contributed by atoms with Crippen LogP contribution in [0.15, 0.2) is 42.5 Å². The number of hydrogen-bond donors (Lipinski definition) is 2. The van der Waals surface area contributed by atoms with Crippen LogP contribution in [0.25, 0.3) is 11.0 Å². The summed E-state index contributed by atoms with van der Waals surface area (Å²) >= 11 is 0. The lowest BCUT2D eigenvalue weighted by molar-refractivity contribution is -0.907. The predicted octanol–water partition coefficient (Wildman–Crippen LogP) is 1.29. The zero-order valence-corrected chi connectivity index (χ0v) is 16.9. The van der Waals surface area contributed by atoms with Crippen molar-refractivity contribution in [3.05, 3.63) is 53.9 Å². The molecule has 0 spiro atoms. The molecule has 0 radical (unpaired) electrons. The molecule has 1 aliphatic rings. The first kappa shape index (κ1) is 19.4. The number of nitrogens with one attached hydrogen (secondary N) is 2. The summed E-state index contributed by atoms with van der Waals surface area (Å²) in [6, 6.07) is 12.9.